The molecule has 2 aromatic rings. The number of carboxylic acids is 1. The summed E-state index contributed by atoms with van der Waals surface area (Å²) < 4.78 is 5.59. The summed E-state index contributed by atoms with van der Waals surface area (Å²) in [5.74, 6) is -1.21. The van der Waals surface area contributed by atoms with Crippen molar-refractivity contribution >= 4 is 18.0 Å². The number of piperidine rings is 1. The molecular weight excluding hydrogens is 420 g/mol. The number of carboxylic acid groups (broad SMARTS) is 1. The topological polar surface area (TPSA) is 95.9 Å². The van der Waals surface area contributed by atoms with Crippen molar-refractivity contribution in [1.82, 2.24) is 10.2 Å². The second-order valence-electron chi connectivity index (χ2n) is 8.71. The molecule has 1 unspecified atom stereocenters. The number of benzene rings is 2. The smallest absolute Gasteiger partial charge is 0.407 e. The van der Waals surface area contributed by atoms with Crippen molar-refractivity contribution in [1.29, 1.82) is 0 Å². The van der Waals surface area contributed by atoms with E-state index in [0.717, 1.165) is 35.1 Å². The van der Waals surface area contributed by atoms with Gasteiger partial charge in [-0.05, 0) is 47.9 Å². The van der Waals surface area contributed by atoms with Crippen LogP contribution in [0, 0.1) is 0 Å². The fourth-order valence-electron chi connectivity index (χ4n) is 5.03. The summed E-state index contributed by atoms with van der Waals surface area (Å²) in [6, 6.07) is 15.2. The zero-order valence-electron chi connectivity index (χ0n) is 18.8. The third-order valence-corrected chi connectivity index (χ3v) is 6.66. The molecule has 33 heavy (non-hydrogen) atoms. The summed E-state index contributed by atoms with van der Waals surface area (Å²) in [7, 11) is 0. The van der Waals surface area contributed by atoms with Crippen LogP contribution in [0.3, 0.4) is 0 Å². The Balaban J connectivity index is 1.40. The Morgan fingerprint density at radius 2 is 1.70 bits per heavy atom. The molecule has 1 fully saturated rings. The lowest BCUT2D eigenvalue weighted by molar-refractivity contribution is -0.142. The standard InChI is InChI=1S/C26H30N2O5/c1-2-23(25(31)28-14-8-7-9-17(28)15-24(29)30)27-26(32)33-16-22-20-12-5-3-10-18(20)19-11-4-6-13-21(19)22/h3-6,10-13,17,22-23H,2,7-9,14-16H2,1H3,(H,27,32)(H,29,30)/t17?,23-/m0/s1. The lowest BCUT2D eigenvalue weighted by Gasteiger charge is -2.37. The van der Waals surface area contributed by atoms with E-state index in [0.29, 0.717) is 19.4 Å². The molecule has 7 nitrogen and oxygen atoms in total. The number of ether oxygens (including phenoxy) is 1. The normalized spacial score (nSPS) is 18.2. The van der Waals surface area contributed by atoms with Crippen molar-refractivity contribution < 1.29 is 24.2 Å². The minimum atomic E-state index is -0.919. The SMILES string of the molecule is CC[C@H](NC(=O)OCC1c2ccccc2-c2ccccc21)C(=O)N1CCCCC1CC(=O)O. The van der Waals surface area contributed by atoms with Crippen LogP contribution in [0.5, 0.6) is 0 Å². The summed E-state index contributed by atoms with van der Waals surface area (Å²) in [4.78, 5) is 38.6. The van der Waals surface area contributed by atoms with E-state index in [2.05, 4.69) is 29.6 Å². The van der Waals surface area contributed by atoms with Gasteiger partial charge in [-0.15, -0.1) is 0 Å². The summed E-state index contributed by atoms with van der Waals surface area (Å²) in [6.45, 7) is 2.51. The maximum Gasteiger partial charge on any atom is 0.407 e. The number of nitrogens with zero attached hydrogens (tertiary/aromatic N) is 1. The molecule has 0 aromatic heterocycles. The van der Waals surface area contributed by atoms with Gasteiger partial charge in [0.15, 0.2) is 0 Å². The lowest BCUT2D eigenvalue weighted by Crippen LogP contribution is -2.53. The van der Waals surface area contributed by atoms with Crippen LogP contribution in [0.15, 0.2) is 48.5 Å². The quantitative estimate of drug-likeness (QED) is 0.660. The van der Waals surface area contributed by atoms with Crippen molar-refractivity contribution in [2.45, 2.75) is 57.0 Å². The number of aliphatic carboxylic acids is 1. The molecular formula is C26H30N2O5. The summed E-state index contributed by atoms with van der Waals surface area (Å²) in [5, 5.41) is 11.9. The maximum atomic E-state index is 13.1. The van der Waals surface area contributed by atoms with Crippen molar-refractivity contribution in [2.24, 2.45) is 0 Å². The molecule has 0 saturated carbocycles. The highest BCUT2D eigenvalue weighted by Gasteiger charge is 2.34. The van der Waals surface area contributed by atoms with Crippen LogP contribution < -0.4 is 5.32 Å². The number of hydrogen-bond donors (Lipinski definition) is 2. The van der Waals surface area contributed by atoms with Gasteiger partial charge in [0, 0.05) is 18.5 Å². The number of nitrogens with one attached hydrogen (secondary N) is 1. The molecule has 4 rings (SSSR count). The zero-order chi connectivity index (χ0) is 23.4. The molecule has 2 amide bonds. The number of likely N-dealkylation sites (tertiary alicyclic amines) is 1. The number of fused-ring (bicyclic) bond motifs is 3. The number of amides is 2. The molecule has 2 atom stereocenters. The van der Waals surface area contributed by atoms with Crippen LogP contribution >= 0.6 is 0 Å². The van der Waals surface area contributed by atoms with Gasteiger partial charge in [-0.1, -0.05) is 55.5 Å². The summed E-state index contributed by atoms with van der Waals surface area (Å²) in [5.41, 5.74) is 4.55. The van der Waals surface area contributed by atoms with E-state index in [1.807, 2.05) is 31.2 Å². The Morgan fingerprint density at radius 3 is 2.30 bits per heavy atom. The fraction of sp³-hybridized carbons (Fsp3) is 0.423. The molecule has 7 heteroatoms. The van der Waals surface area contributed by atoms with E-state index in [-0.39, 0.29) is 30.9 Å². The largest absolute Gasteiger partial charge is 0.481 e. The molecule has 174 valence electrons. The van der Waals surface area contributed by atoms with Crippen molar-refractivity contribution in [2.75, 3.05) is 13.2 Å². The van der Waals surface area contributed by atoms with Crippen LogP contribution in [0.1, 0.15) is 56.1 Å². The second kappa shape index (κ2) is 10.1. The molecule has 2 N–H and O–H groups in total. The Bertz CT molecular complexity index is 991. The van der Waals surface area contributed by atoms with Gasteiger partial charge in [-0.3, -0.25) is 9.59 Å². The first-order valence-corrected chi connectivity index (χ1v) is 11.6. The second-order valence-corrected chi connectivity index (χ2v) is 8.71. The predicted octanol–water partition coefficient (Wildman–Crippen LogP) is 4.16. The summed E-state index contributed by atoms with van der Waals surface area (Å²) >= 11 is 0. The Morgan fingerprint density at radius 1 is 1.06 bits per heavy atom. The number of hydrogen-bond acceptors (Lipinski definition) is 4. The van der Waals surface area contributed by atoms with E-state index < -0.39 is 18.1 Å². The van der Waals surface area contributed by atoms with Gasteiger partial charge in [0.25, 0.3) is 0 Å². The number of alkyl carbamates (subject to hydrolysis) is 1. The van der Waals surface area contributed by atoms with E-state index >= 15 is 0 Å². The first-order chi connectivity index (χ1) is 16.0. The molecule has 0 radical (unpaired) electrons. The molecule has 0 spiro atoms. The molecule has 1 aliphatic heterocycles. The van der Waals surface area contributed by atoms with Gasteiger partial charge in [0.05, 0.1) is 6.42 Å². The van der Waals surface area contributed by atoms with Gasteiger partial charge in [0.2, 0.25) is 5.91 Å². The van der Waals surface area contributed by atoms with E-state index in [1.54, 1.807) is 4.90 Å². The average Bonchev–Trinajstić information content (AvgIpc) is 3.14. The van der Waals surface area contributed by atoms with Gasteiger partial charge < -0.3 is 20.1 Å². The van der Waals surface area contributed by atoms with Gasteiger partial charge in [-0.25, -0.2) is 4.79 Å². The van der Waals surface area contributed by atoms with Crippen LogP contribution in [0.4, 0.5) is 4.79 Å². The fourth-order valence-corrected chi connectivity index (χ4v) is 5.03. The lowest BCUT2D eigenvalue weighted by atomic mass is 9.98. The number of carbonyl (C=O) groups is 3. The third kappa shape index (κ3) is 4.87. The summed E-state index contributed by atoms with van der Waals surface area (Å²) in [6.07, 6.45) is 2.09. The monoisotopic (exact) mass is 450 g/mol. The highest BCUT2D eigenvalue weighted by molar-refractivity contribution is 5.86. The van der Waals surface area contributed by atoms with Crippen molar-refractivity contribution in [3.05, 3.63) is 59.7 Å². The highest BCUT2D eigenvalue weighted by Crippen LogP contribution is 2.44. The third-order valence-electron chi connectivity index (χ3n) is 6.66. The minimum Gasteiger partial charge on any atom is -0.481 e. The Hall–Kier alpha value is -3.35. The average molecular weight is 451 g/mol. The molecule has 0 bridgehead atoms. The van der Waals surface area contributed by atoms with Crippen LogP contribution in [0.2, 0.25) is 0 Å². The molecule has 1 heterocycles. The Labute approximate surface area is 193 Å². The number of rotatable bonds is 7. The predicted molar refractivity (Wildman–Crippen MR) is 124 cm³/mol. The zero-order valence-corrected chi connectivity index (χ0v) is 18.8. The molecule has 2 aromatic carbocycles. The van der Waals surface area contributed by atoms with Crippen molar-refractivity contribution in [3.63, 3.8) is 0 Å². The van der Waals surface area contributed by atoms with E-state index in [9.17, 15) is 19.5 Å². The van der Waals surface area contributed by atoms with E-state index in [1.165, 1.54) is 0 Å². The van der Waals surface area contributed by atoms with E-state index in [4.69, 9.17) is 4.74 Å². The first-order valence-electron chi connectivity index (χ1n) is 11.6. The van der Waals surface area contributed by atoms with Gasteiger partial charge >= 0.3 is 12.1 Å². The van der Waals surface area contributed by atoms with Crippen LogP contribution in [-0.4, -0.2) is 53.2 Å². The minimum absolute atomic E-state index is 0.0547. The van der Waals surface area contributed by atoms with Gasteiger partial charge in [0.1, 0.15) is 12.6 Å². The molecule has 2 aliphatic rings. The Kier molecular flexibility index (Phi) is 6.96. The molecule has 1 saturated heterocycles. The van der Waals surface area contributed by atoms with Gasteiger partial charge in [-0.2, -0.15) is 0 Å². The highest BCUT2D eigenvalue weighted by atomic mass is 16.5. The van der Waals surface area contributed by atoms with Crippen LogP contribution in [0.25, 0.3) is 11.1 Å². The maximum absolute atomic E-state index is 13.1. The van der Waals surface area contributed by atoms with Crippen LogP contribution in [-0.2, 0) is 14.3 Å². The molecule has 1 aliphatic carbocycles. The first kappa shape index (κ1) is 22.8. The number of carbonyl (C=O) groups excluding carboxylic acids is 2. The van der Waals surface area contributed by atoms with Crippen molar-refractivity contribution in [3.8, 4) is 11.1 Å².